The topological polar surface area (TPSA) is 148 Å². The highest BCUT2D eigenvalue weighted by molar-refractivity contribution is 6.26. The summed E-state index contributed by atoms with van der Waals surface area (Å²) in [6, 6.07) is 13.4. The van der Waals surface area contributed by atoms with Crippen molar-refractivity contribution in [2.24, 2.45) is 5.73 Å². The lowest BCUT2D eigenvalue weighted by Crippen LogP contribution is -2.47. The zero-order valence-electron chi connectivity index (χ0n) is 23.2. The number of nitrogens with zero attached hydrogens (tertiary/aromatic N) is 3. The third kappa shape index (κ3) is 6.80. The first kappa shape index (κ1) is 29.5. The zero-order valence-corrected chi connectivity index (χ0v) is 23.2. The van der Waals surface area contributed by atoms with Crippen LogP contribution in [0.1, 0.15) is 32.7 Å². The number of ether oxygens (including phenoxy) is 2. The molecule has 0 saturated carbocycles. The molecule has 0 amide bonds. The maximum absolute atomic E-state index is 12.8. The van der Waals surface area contributed by atoms with E-state index < -0.39 is 0 Å². The first-order chi connectivity index (χ1) is 19.5. The van der Waals surface area contributed by atoms with E-state index >= 15 is 0 Å². The van der Waals surface area contributed by atoms with Crippen LogP contribution < -0.4 is 26.6 Å². The Labute approximate surface area is 235 Å². The van der Waals surface area contributed by atoms with Crippen LogP contribution in [0.15, 0.2) is 53.9 Å². The van der Waals surface area contributed by atoms with Crippen LogP contribution in [-0.4, -0.2) is 99.3 Å². The molecular weight excluding hydrogens is 512 g/mol. The summed E-state index contributed by atoms with van der Waals surface area (Å²) < 4.78 is 11.2. The van der Waals surface area contributed by atoms with Crippen LogP contribution in [0.2, 0.25) is 0 Å². The molecule has 7 N–H and O–H groups in total. The molecule has 11 nitrogen and oxygen atoms in total. The van der Waals surface area contributed by atoms with E-state index in [2.05, 4.69) is 44.1 Å². The molecule has 5 rings (SSSR count). The van der Waals surface area contributed by atoms with Gasteiger partial charge in [0.25, 0.3) is 0 Å². The average Bonchev–Trinajstić information content (AvgIpc) is 3.01. The number of hydrogen-bond donors (Lipinski definition) is 4. The van der Waals surface area contributed by atoms with Crippen LogP contribution in [0.5, 0.6) is 5.75 Å². The molecule has 2 heterocycles. The minimum atomic E-state index is -0.289. The Bertz CT molecular complexity index is 1210. The number of nitrogens with two attached hydrogens (primary N) is 1. The number of anilines is 1. The quantitative estimate of drug-likeness (QED) is 0.255. The number of allylic oxidation sites excluding steroid dienone is 2. The van der Waals surface area contributed by atoms with Crippen molar-refractivity contribution >= 4 is 17.3 Å². The number of fused-ring (bicyclic) bond motifs is 1. The predicted molar refractivity (Wildman–Crippen MR) is 151 cm³/mol. The Hall–Kier alpha value is -3.48. The minimum Gasteiger partial charge on any atom is -0.495 e. The highest BCUT2D eigenvalue weighted by Gasteiger charge is 2.30. The molecule has 11 heteroatoms. The lowest BCUT2D eigenvalue weighted by atomic mass is 9.90. The van der Waals surface area contributed by atoms with Gasteiger partial charge in [0.2, 0.25) is 11.6 Å². The van der Waals surface area contributed by atoms with E-state index in [4.69, 9.17) is 20.4 Å². The summed E-state index contributed by atoms with van der Waals surface area (Å²) in [5.41, 5.74) is 9.44. The van der Waals surface area contributed by atoms with Crippen LogP contribution in [0, 0.1) is 0 Å². The fraction of sp³-hybridized carbons (Fsp3) is 0.448. The third-order valence-corrected chi connectivity index (χ3v) is 7.58. The Kier molecular flexibility index (Phi) is 10.5. The molecule has 40 heavy (non-hydrogen) atoms. The van der Waals surface area contributed by atoms with Crippen molar-refractivity contribution in [2.75, 3.05) is 77.6 Å². The van der Waals surface area contributed by atoms with Gasteiger partial charge in [-0.05, 0) is 30.7 Å². The van der Waals surface area contributed by atoms with Crippen LogP contribution in [-0.2, 0) is 11.3 Å². The monoisotopic (exact) mass is 553 g/mol. The molecule has 0 atom stereocenters. The van der Waals surface area contributed by atoms with Gasteiger partial charge in [0.1, 0.15) is 17.1 Å². The lowest BCUT2D eigenvalue weighted by molar-refractivity contribution is -0.670. The molecule has 0 bridgehead atoms. The molecule has 2 aromatic rings. The molecule has 1 aliphatic carbocycles. The number of carbonyl (C=O) groups excluding carboxylic acids is 2. The van der Waals surface area contributed by atoms with Crippen molar-refractivity contribution in [1.29, 1.82) is 0 Å². The van der Waals surface area contributed by atoms with Gasteiger partial charge in [-0.3, -0.25) is 19.4 Å². The molecule has 216 valence electrons. The van der Waals surface area contributed by atoms with Gasteiger partial charge in [0.05, 0.1) is 26.0 Å². The Morgan fingerprint density at radius 1 is 0.950 bits per heavy atom. The normalized spacial score (nSPS) is 18.2. The van der Waals surface area contributed by atoms with Gasteiger partial charge in [0, 0.05) is 63.5 Å². The smallest absolute Gasteiger partial charge is 0.211 e. The number of carbonyl (C=O) groups is 2. The minimum absolute atomic E-state index is 0.00669. The summed E-state index contributed by atoms with van der Waals surface area (Å²) >= 11 is 0. The van der Waals surface area contributed by atoms with E-state index in [1.165, 1.54) is 5.56 Å². The number of quaternary nitrogens is 1. The van der Waals surface area contributed by atoms with Gasteiger partial charge in [-0.1, -0.05) is 30.3 Å². The average molecular weight is 554 g/mol. The van der Waals surface area contributed by atoms with Crippen molar-refractivity contribution in [1.82, 2.24) is 15.1 Å². The van der Waals surface area contributed by atoms with Crippen molar-refractivity contribution in [3.63, 3.8) is 0 Å². The van der Waals surface area contributed by atoms with E-state index in [0.717, 1.165) is 83.4 Å². The molecule has 3 aliphatic rings. The fourth-order valence-electron chi connectivity index (χ4n) is 5.40. The second-order valence-corrected chi connectivity index (χ2v) is 10.00. The van der Waals surface area contributed by atoms with E-state index in [-0.39, 0.29) is 23.0 Å². The molecule has 0 spiro atoms. The molecule has 0 aromatic heterocycles. The number of rotatable bonds is 9. The van der Waals surface area contributed by atoms with E-state index in [1.54, 1.807) is 31.4 Å². The first-order valence-corrected chi connectivity index (χ1v) is 13.7. The zero-order chi connectivity index (χ0) is 28.5. The largest absolute Gasteiger partial charge is 0.495 e. The van der Waals surface area contributed by atoms with Gasteiger partial charge in [-0.15, -0.1) is 0 Å². The highest BCUT2D eigenvalue weighted by Crippen LogP contribution is 2.31. The van der Waals surface area contributed by atoms with E-state index in [0.29, 0.717) is 17.7 Å². The van der Waals surface area contributed by atoms with Gasteiger partial charge in [0.15, 0.2) is 0 Å². The first-order valence-electron chi connectivity index (χ1n) is 13.7. The van der Waals surface area contributed by atoms with Crippen LogP contribution in [0.4, 0.5) is 5.69 Å². The van der Waals surface area contributed by atoms with Gasteiger partial charge < -0.3 is 25.4 Å². The maximum Gasteiger partial charge on any atom is 0.211 e. The van der Waals surface area contributed by atoms with Crippen LogP contribution in [0.25, 0.3) is 0 Å². The predicted octanol–water partition coefficient (Wildman–Crippen LogP) is 0.496. The van der Waals surface area contributed by atoms with Crippen molar-refractivity contribution in [3.8, 4) is 5.75 Å². The summed E-state index contributed by atoms with van der Waals surface area (Å²) in [5.74, 6) is 2.67. The number of benzene rings is 2. The van der Waals surface area contributed by atoms with Gasteiger partial charge in [-0.2, -0.15) is 0 Å². The number of nitrogens with one attached hydrogen (secondary N) is 1. The number of methoxy groups -OCH3 is 1. The Balaban J connectivity index is 0.00000181. The SMILES string of the molecule is COc1cc(CN2CCOCC2)ccc1N1CCN(CCCNC2=C(N)C(=O)c3ccccc3C2=O)CC1.[NH3+]O. The summed E-state index contributed by atoms with van der Waals surface area (Å²) in [5, 5.41) is 9.89. The number of ketones is 2. The maximum atomic E-state index is 12.8. The third-order valence-electron chi connectivity index (χ3n) is 7.58. The van der Waals surface area contributed by atoms with Gasteiger partial charge in [-0.25, -0.2) is 11.1 Å². The van der Waals surface area contributed by atoms with Gasteiger partial charge >= 0.3 is 0 Å². The fourth-order valence-corrected chi connectivity index (χ4v) is 5.40. The van der Waals surface area contributed by atoms with Crippen molar-refractivity contribution < 1.29 is 30.2 Å². The Morgan fingerprint density at radius 3 is 2.30 bits per heavy atom. The molecule has 2 aliphatic heterocycles. The van der Waals surface area contributed by atoms with Crippen molar-refractivity contribution in [2.45, 2.75) is 13.0 Å². The van der Waals surface area contributed by atoms with Crippen molar-refractivity contribution in [3.05, 3.63) is 70.5 Å². The number of piperazine rings is 1. The number of morpholine rings is 1. The second kappa shape index (κ2) is 14.2. The standard InChI is InChI=1S/C29H37N5O4.H4NO/c1-37-25-19-21(20-33-15-17-38-18-16-33)7-8-24(25)34-13-11-32(12-14-34)10-4-9-31-27-26(30)28(35)22-5-2-3-6-23(22)29(27)36;1-2/h2-3,5-8,19,31H,4,9-18,20,30H2,1H3;2H,1H3/q;+1. The Morgan fingerprint density at radius 2 is 1.62 bits per heavy atom. The lowest BCUT2D eigenvalue weighted by Gasteiger charge is -2.37. The molecule has 0 radical (unpaired) electrons. The summed E-state index contributed by atoms with van der Waals surface area (Å²) in [6.07, 6.45) is 0.847. The number of hydrogen-bond acceptors (Lipinski definition) is 10. The molecule has 0 unspecified atom stereocenters. The summed E-state index contributed by atoms with van der Waals surface area (Å²) in [7, 11) is 1.74. The highest BCUT2D eigenvalue weighted by atomic mass is 16.5. The summed E-state index contributed by atoms with van der Waals surface area (Å²) in [4.78, 5) is 32.6. The molecule has 2 saturated heterocycles. The van der Waals surface area contributed by atoms with E-state index in [9.17, 15) is 9.59 Å². The second-order valence-electron chi connectivity index (χ2n) is 10.00. The molecule has 2 fully saturated rings. The molecular formula is C29H41N6O5+. The summed E-state index contributed by atoms with van der Waals surface area (Å²) in [6.45, 7) is 9.69. The molecule has 2 aromatic carbocycles. The van der Waals surface area contributed by atoms with E-state index in [1.807, 2.05) is 0 Å². The van der Waals surface area contributed by atoms with Crippen LogP contribution >= 0.6 is 0 Å². The van der Waals surface area contributed by atoms with Crippen LogP contribution in [0.3, 0.4) is 0 Å². The number of Topliss-reactive ketones (excluding diaryl/α,β-unsaturated/α-hetero) is 2.